The number of thiophene rings is 1. The summed E-state index contributed by atoms with van der Waals surface area (Å²) in [5, 5.41) is 8.45. The van der Waals surface area contributed by atoms with Gasteiger partial charge in [0.2, 0.25) is 0 Å². The predicted molar refractivity (Wildman–Crippen MR) is 109 cm³/mol. The summed E-state index contributed by atoms with van der Waals surface area (Å²) in [6.45, 7) is 1.98. The summed E-state index contributed by atoms with van der Waals surface area (Å²) in [5.41, 5.74) is 1.89. The topological polar surface area (TPSA) is 70.7 Å². The van der Waals surface area contributed by atoms with Crippen molar-refractivity contribution in [2.45, 2.75) is 6.92 Å². The number of hydrogen-bond acceptors (Lipinski definition) is 5. The molecule has 2 amide bonds. The molecule has 0 spiro atoms. The Morgan fingerprint density at radius 3 is 2.50 bits per heavy atom. The van der Waals surface area contributed by atoms with Gasteiger partial charge in [0.1, 0.15) is 10.6 Å². The van der Waals surface area contributed by atoms with Gasteiger partial charge in [-0.1, -0.05) is 23.7 Å². The lowest BCUT2D eigenvalue weighted by molar-refractivity contribution is 0.0529. The highest BCUT2D eigenvalue weighted by Gasteiger charge is 2.22. The van der Waals surface area contributed by atoms with Crippen molar-refractivity contribution in [2.75, 3.05) is 26.0 Å². The van der Waals surface area contributed by atoms with Crippen LogP contribution in [0.1, 0.15) is 17.3 Å². The first kappa shape index (κ1) is 20.2. The molecule has 2 N–H and O–H groups in total. The van der Waals surface area contributed by atoms with Crippen molar-refractivity contribution in [1.82, 2.24) is 10.2 Å². The van der Waals surface area contributed by atoms with Crippen LogP contribution in [0.3, 0.4) is 0 Å². The SMILES string of the molecule is CCOC(=O)c1c(-c2ccc(Cl)cc2)csc1NC(=S)NC(=O)N(C)C. The molecule has 26 heavy (non-hydrogen) atoms. The molecule has 2 rings (SSSR count). The Hall–Kier alpha value is -2.16. The fraction of sp³-hybridized carbons (Fsp3) is 0.235. The predicted octanol–water partition coefficient (Wildman–Crippen LogP) is 4.21. The third kappa shape index (κ3) is 4.94. The molecule has 0 aliphatic rings. The van der Waals surface area contributed by atoms with E-state index in [0.717, 1.165) is 5.56 Å². The molecule has 1 aromatic heterocycles. The second-order valence-corrected chi connectivity index (χ2v) is 7.08. The number of ether oxygens (including phenoxy) is 1. The van der Waals surface area contributed by atoms with Crippen molar-refractivity contribution in [3.63, 3.8) is 0 Å². The standard InChI is InChI=1S/C17H18ClN3O3S2/c1-4-24-15(22)13-12(10-5-7-11(18)8-6-10)9-26-14(13)19-16(25)20-17(23)21(2)3/h5-9H,4H2,1-3H3,(H2,19,20,23,25). The first-order chi connectivity index (χ1) is 12.3. The lowest BCUT2D eigenvalue weighted by Gasteiger charge is -2.14. The van der Waals surface area contributed by atoms with E-state index in [-0.39, 0.29) is 17.8 Å². The zero-order valence-corrected chi connectivity index (χ0v) is 16.8. The molecule has 0 fully saturated rings. The number of halogens is 1. The van der Waals surface area contributed by atoms with Crippen LogP contribution in [0.15, 0.2) is 29.6 Å². The van der Waals surface area contributed by atoms with Gasteiger partial charge in [0.05, 0.1) is 6.61 Å². The maximum atomic E-state index is 12.5. The van der Waals surface area contributed by atoms with E-state index in [1.807, 2.05) is 17.5 Å². The molecule has 0 aliphatic carbocycles. The Bertz CT molecular complexity index is 819. The number of rotatable bonds is 4. The van der Waals surface area contributed by atoms with Gasteiger partial charge in [0.15, 0.2) is 5.11 Å². The molecule has 138 valence electrons. The van der Waals surface area contributed by atoms with Gasteiger partial charge in [0, 0.05) is 30.1 Å². The van der Waals surface area contributed by atoms with Gasteiger partial charge in [-0.05, 0) is 36.8 Å². The van der Waals surface area contributed by atoms with Gasteiger partial charge in [-0.2, -0.15) is 0 Å². The van der Waals surface area contributed by atoms with Crippen LogP contribution in [0.25, 0.3) is 11.1 Å². The maximum Gasteiger partial charge on any atom is 0.341 e. The molecular formula is C17H18ClN3O3S2. The van der Waals surface area contributed by atoms with E-state index in [9.17, 15) is 9.59 Å². The van der Waals surface area contributed by atoms with Crippen molar-refractivity contribution in [1.29, 1.82) is 0 Å². The minimum absolute atomic E-state index is 0.0961. The average molecular weight is 412 g/mol. The lowest BCUT2D eigenvalue weighted by atomic mass is 10.0. The van der Waals surface area contributed by atoms with E-state index in [4.69, 9.17) is 28.6 Å². The van der Waals surface area contributed by atoms with E-state index in [1.54, 1.807) is 33.2 Å². The molecular weight excluding hydrogens is 394 g/mol. The zero-order valence-electron chi connectivity index (χ0n) is 14.5. The van der Waals surface area contributed by atoms with E-state index < -0.39 is 5.97 Å². The van der Waals surface area contributed by atoms with Crippen LogP contribution in [-0.4, -0.2) is 42.7 Å². The number of esters is 1. The van der Waals surface area contributed by atoms with Crippen LogP contribution < -0.4 is 10.6 Å². The fourth-order valence-corrected chi connectivity index (χ4v) is 3.38. The van der Waals surface area contributed by atoms with E-state index >= 15 is 0 Å². The summed E-state index contributed by atoms with van der Waals surface area (Å²) in [6, 6.07) is 6.78. The number of amides is 2. The molecule has 0 aliphatic heterocycles. The average Bonchev–Trinajstić information content (AvgIpc) is 2.99. The lowest BCUT2D eigenvalue weighted by Crippen LogP contribution is -2.40. The second-order valence-electron chi connectivity index (χ2n) is 5.36. The molecule has 0 saturated heterocycles. The van der Waals surface area contributed by atoms with E-state index in [0.29, 0.717) is 21.2 Å². The fourth-order valence-electron chi connectivity index (χ4n) is 2.04. The Balaban J connectivity index is 2.34. The summed E-state index contributed by atoms with van der Waals surface area (Å²) >= 11 is 12.4. The molecule has 2 aromatic rings. The van der Waals surface area contributed by atoms with Gasteiger partial charge >= 0.3 is 12.0 Å². The number of anilines is 1. The number of urea groups is 1. The molecule has 1 heterocycles. The van der Waals surface area contributed by atoms with Crippen molar-refractivity contribution < 1.29 is 14.3 Å². The molecule has 1 aromatic carbocycles. The van der Waals surface area contributed by atoms with Crippen LogP contribution in [-0.2, 0) is 4.74 Å². The quantitative estimate of drug-likeness (QED) is 0.582. The van der Waals surface area contributed by atoms with E-state index in [1.165, 1.54) is 16.2 Å². The van der Waals surface area contributed by atoms with E-state index in [2.05, 4.69) is 10.6 Å². The van der Waals surface area contributed by atoms with Crippen molar-refractivity contribution in [3.05, 3.63) is 40.2 Å². The van der Waals surface area contributed by atoms with Gasteiger partial charge in [-0.3, -0.25) is 5.32 Å². The molecule has 6 nitrogen and oxygen atoms in total. The highest BCUT2D eigenvalue weighted by molar-refractivity contribution is 7.80. The monoisotopic (exact) mass is 411 g/mol. The molecule has 0 atom stereocenters. The number of benzene rings is 1. The first-order valence-electron chi connectivity index (χ1n) is 7.67. The molecule has 0 radical (unpaired) electrons. The summed E-state index contributed by atoms with van der Waals surface area (Å²) in [6.07, 6.45) is 0. The second kappa shape index (κ2) is 8.98. The van der Waals surface area contributed by atoms with Crippen molar-refractivity contribution >= 4 is 57.3 Å². The Kier molecular flexibility index (Phi) is 6.96. The summed E-state index contributed by atoms with van der Waals surface area (Å²) in [4.78, 5) is 25.5. The molecule has 0 unspecified atom stereocenters. The molecule has 0 bridgehead atoms. The summed E-state index contributed by atoms with van der Waals surface area (Å²) < 4.78 is 5.18. The minimum atomic E-state index is -0.470. The number of nitrogens with zero attached hydrogens (tertiary/aromatic N) is 1. The van der Waals surface area contributed by atoms with Gasteiger partial charge in [-0.15, -0.1) is 11.3 Å². The largest absolute Gasteiger partial charge is 0.462 e. The normalized spacial score (nSPS) is 10.2. The Labute approximate surface area is 166 Å². The highest BCUT2D eigenvalue weighted by atomic mass is 35.5. The molecule has 0 saturated carbocycles. The van der Waals surface area contributed by atoms with Gasteiger partial charge in [0.25, 0.3) is 0 Å². The van der Waals surface area contributed by atoms with Gasteiger partial charge < -0.3 is 15.0 Å². The number of carbonyl (C=O) groups is 2. The van der Waals surface area contributed by atoms with Crippen molar-refractivity contribution in [3.8, 4) is 11.1 Å². The number of thiocarbonyl (C=S) groups is 1. The summed E-state index contributed by atoms with van der Waals surface area (Å²) in [5.74, 6) is -0.470. The Morgan fingerprint density at radius 2 is 1.92 bits per heavy atom. The number of carbonyl (C=O) groups excluding carboxylic acids is 2. The first-order valence-corrected chi connectivity index (χ1v) is 9.34. The van der Waals surface area contributed by atoms with Crippen molar-refractivity contribution in [2.24, 2.45) is 0 Å². The highest BCUT2D eigenvalue weighted by Crippen LogP contribution is 2.36. The summed E-state index contributed by atoms with van der Waals surface area (Å²) in [7, 11) is 3.21. The third-order valence-electron chi connectivity index (χ3n) is 3.28. The smallest absolute Gasteiger partial charge is 0.341 e. The maximum absolute atomic E-state index is 12.5. The van der Waals surface area contributed by atoms with Crippen LogP contribution in [0.4, 0.5) is 9.80 Å². The zero-order chi connectivity index (χ0) is 19.3. The number of nitrogens with one attached hydrogen (secondary N) is 2. The molecule has 9 heteroatoms. The number of hydrogen-bond donors (Lipinski definition) is 2. The van der Waals surface area contributed by atoms with Crippen LogP contribution >= 0.6 is 35.2 Å². The Morgan fingerprint density at radius 1 is 1.27 bits per heavy atom. The van der Waals surface area contributed by atoms with Crippen LogP contribution in [0, 0.1) is 0 Å². The van der Waals surface area contributed by atoms with Crippen LogP contribution in [0.2, 0.25) is 5.02 Å². The van der Waals surface area contributed by atoms with Crippen LogP contribution in [0.5, 0.6) is 0 Å². The minimum Gasteiger partial charge on any atom is -0.462 e. The third-order valence-corrected chi connectivity index (χ3v) is 4.63. The van der Waals surface area contributed by atoms with Gasteiger partial charge in [-0.25, -0.2) is 9.59 Å².